The van der Waals surface area contributed by atoms with Gasteiger partial charge in [0, 0.05) is 33.3 Å². The van der Waals surface area contributed by atoms with Crippen LogP contribution in [0.2, 0.25) is 0 Å². The summed E-state index contributed by atoms with van der Waals surface area (Å²) in [4.78, 5) is 28.0. The third kappa shape index (κ3) is 4.32. The molecular weight excluding hydrogens is 434 g/mol. The minimum Gasteiger partial charge on any atom is -0.355 e. The zero-order chi connectivity index (χ0) is 23.8. The molecule has 4 aromatic rings. The van der Waals surface area contributed by atoms with E-state index in [9.17, 15) is 4.79 Å². The lowest BCUT2D eigenvalue weighted by molar-refractivity contribution is -0.111. The monoisotopic (exact) mass is 455 g/mol. The summed E-state index contributed by atoms with van der Waals surface area (Å²) < 4.78 is 0. The SMILES string of the molecule is C=CC(=O)Nc1ccc(-c2cc3cc4ccc(cc5nc(cc6nc(cc2[nH]3)C=C6)C=C5)[nH]4)cc1. The van der Waals surface area contributed by atoms with Gasteiger partial charge in [-0.05, 0) is 90.5 Å². The second-order valence-corrected chi connectivity index (χ2v) is 8.36. The van der Waals surface area contributed by atoms with E-state index in [2.05, 4.69) is 39.0 Å². The lowest BCUT2D eigenvalue weighted by atomic mass is 10.1. The maximum absolute atomic E-state index is 11.6. The van der Waals surface area contributed by atoms with E-state index in [-0.39, 0.29) is 5.91 Å². The number of carbonyl (C=O) groups excluding carboxylic acids is 1. The summed E-state index contributed by atoms with van der Waals surface area (Å²) in [5.74, 6) is -0.236. The van der Waals surface area contributed by atoms with E-state index in [1.54, 1.807) is 0 Å². The molecule has 0 saturated carbocycles. The molecule has 3 N–H and O–H groups in total. The number of H-pyrrole nitrogens is 2. The van der Waals surface area contributed by atoms with E-state index >= 15 is 0 Å². The molecule has 2 aliphatic heterocycles. The number of anilines is 1. The van der Waals surface area contributed by atoms with Crippen LogP contribution in [0.1, 0.15) is 22.8 Å². The molecule has 0 spiro atoms. The van der Waals surface area contributed by atoms with Crippen LogP contribution >= 0.6 is 0 Å². The van der Waals surface area contributed by atoms with Crippen molar-refractivity contribution in [1.29, 1.82) is 0 Å². The molecule has 0 fully saturated rings. The fourth-order valence-electron chi connectivity index (χ4n) is 4.18. The lowest BCUT2D eigenvalue weighted by Gasteiger charge is -2.04. The van der Waals surface area contributed by atoms with E-state index in [4.69, 9.17) is 4.98 Å². The topological polar surface area (TPSA) is 86.5 Å². The summed E-state index contributed by atoms with van der Waals surface area (Å²) in [6.07, 6.45) is 9.24. The van der Waals surface area contributed by atoms with Crippen LogP contribution in [0, 0.1) is 0 Å². The van der Waals surface area contributed by atoms with Gasteiger partial charge in [-0.1, -0.05) is 18.7 Å². The van der Waals surface area contributed by atoms with Crippen LogP contribution in [0.5, 0.6) is 0 Å². The highest BCUT2D eigenvalue weighted by molar-refractivity contribution is 5.99. The summed E-state index contributed by atoms with van der Waals surface area (Å²) in [5.41, 5.74) is 10.1. The van der Waals surface area contributed by atoms with E-state index in [0.717, 1.165) is 56.0 Å². The predicted molar refractivity (Wildman–Crippen MR) is 143 cm³/mol. The third-order valence-corrected chi connectivity index (χ3v) is 5.82. The van der Waals surface area contributed by atoms with E-state index in [0.29, 0.717) is 5.69 Å². The molecule has 168 valence electrons. The first-order chi connectivity index (χ1) is 17.1. The summed E-state index contributed by atoms with van der Waals surface area (Å²) >= 11 is 0. The second-order valence-electron chi connectivity index (χ2n) is 8.36. The van der Waals surface area contributed by atoms with Gasteiger partial charge >= 0.3 is 0 Å². The normalized spacial score (nSPS) is 12.0. The number of benzene rings is 1. The number of rotatable bonds is 3. The van der Waals surface area contributed by atoms with Gasteiger partial charge < -0.3 is 15.3 Å². The first kappa shape index (κ1) is 20.6. The number of nitrogens with zero attached hydrogens (tertiary/aromatic N) is 2. The largest absolute Gasteiger partial charge is 0.355 e. The van der Waals surface area contributed by atoms with Gasteiger partial charge in [0.1, 0.15) is 0 Å². The van der Waals surface area contributed by atoms with E-state index in [1.807, 2.05) is 78.9 Å². The van der Waals surface area contributed by atoms with Gasteiger partial charge in [-0.2, -0.15) is 0 Å². The number of aromatic amines is 2. The molecule has 0 saturated heterocycles. The molecule has 0 atom stereocenters. The van der Waals surface area contributed by atoms with Gasteiger partial charge in [0.05, 0.1) is 22.8 Å². The van der Waals surface area contributed by atoms with Gasteiger partial charge in [-0.15, -0.1) is 0 Å². The molecule has 6 nitrogen and oxygen atoms in total. The molecule has 0 unspecified atom stereocenters. The molecule has 1 amide bonds. The number of hydrogen-bond donors (Lipinski definition) is 3. The predicted octanol–water partition coefficient (Wildman–Crippen LogP) is 6.45. The zero-order valence-corrected chi connectivity index (χ0v) is 18.7. The first-order valence-corrected chi connectivity index (χ1v) is 11.2. The van der Waals surface area contributed by atoms with Crippen molar-refractivity contribution in [3.63, 3.8) is 0 Å². The Morgan fingerprint density at radius 1 is 0.714 bits per heavy atom. The molecule has 3 aromatic heterocycles. The summed E-state index contributed by atoms with van der Waals surface area (Å²) in [6.45, 7) is 3.50. The quantitative estimate of drug-likeness (QED) is 0.268. The minimum absolute atomic E-state index is 0.236. The molecule has 6 heteroatoms. The van der Waals surface area contributed by atoms with Gasteiger partial charge in [0.15, 0.2) is 0 Å². The van der Waals surface area contributed by atoms with Crippen molar-refractivity contribution >= 4 is 58.0 Å². The number of hydrogen-bond acceptors (Lipinski definition) is 3. The van der Waals surface area contributed by atoms with Gasteiger partial charge in [-0.25, -0.2) is 9.97 Å². The van der Waals surface area contributed by atoms with Gasteiger partial charge in [0.2, 0.25) is 5.91 Å². The maximum atomic E-state index is 11.6. The molecular formula is C29H21N5O. The van der Waals surface area contributed by atoms with Crippen molar-refractivity contribution in [1.82, 2.24) is 19.9 Å². The number of fused-ring (bicyclic) bond motifs is 8. The fourth-order valence-corrected chi connectivity index (χ4v) is 4.18. The van der Waals surface area contributed by atoms with Crippen molar-refractivity contribution < 1.29 is 4.79 Å². The van der Waals surface area contributed by atoms with Gasteiger partial charge in [-0.3, -0.25) is 4.79 Å². The zero-order valence-electron chi connectivity index (χ0n) is 18.7. The Morgan fingerprint density at radius 2 is 1.34 bits per heavy atom. The Kier molecular flexibility index (Phi) is 4.96. The van der Waals surface area contributed by atoms with E-state index < -0.39 is 0 Å². The Hall–Kier alpha value is -4.97. The van der Waals surface area contributed by atoms with Crippen LogP contribution < -0.4 is 5.32 Å². The Balaban J connectivity index is 1.55. The van der Waals surface area contributed by atoms with Crippen LogP contribution in [-0.2, 0) is 4.79 Å². The smallest absolute Gasteiger partial charge is 0.247 e. The minimum atomic E-state index is -0.236. The van der Waals surface area contributed by atoms with Crippen LogP contribution in [0.4, 0.5) is 5.69 Å². The highest BCUT2D eigenvalue weighted by atomic mass is 16.1. The van der Waals surface area contributed by atoms with Gasteiger partial charge in [0.25, 0.3) is 0 Å². The molecule has 35 heavy (non-hydrogen) atoms. The van der Waals surface area contributed by atoms with Crippen LogP contribution in [0.15, 0.2) is 79.4 Å². The average molecular weight is 456 g/mol. The van der Waals surface area contributed by atoms with E-state index in [1.165, 1.54) is 6.08 Å². The molecule has 0 radical (unpaired) electrons. The summed E-state index contributed by atoms with van der Waals surface area (Å²) in [5, 5.41) is 2.79. The first-order valence-electron chi connectivity index (χ1n) is 11.2. The number of carbonyl (C=O) groups is 1. The standard InChI is InChI=1S/C29H21N5O/c1-2-29(35)34-19-5-3-18(4-6-19)27-16-26-15-24-10-9-22(31-24)13-20-7-8-21(30-20)14-23-11-12-25(32-23)17-28(27)33-26/h2-17,31,33H,1H2,(H,34,35). The third-order valence-electron chi connectivity index (χ3n) is 5.82. The van der Waals surface area contributed by atoms with Crippen molar-refractivity contribution in [2.75, 3.05) is 5.32 Å². The molecule has 0 aliphatic carbocycles. The fraction of sp³-hybridized carbons (Fsp3) is 0. The second kappa shape index (κ2) is 8.43. The van der Waals surface area contributed by atoms with Crippen LogP contribution in [-0.4, -0.2) is 25.8 Å². The van der Waals surface area contributed by atoms with Crippen LogP contribution in [0.25, 0.3) is 57.5 Å². The van der Waals surface area contributed by atoms with Crippen LogP contribution in [0.3, 0.4) is 0 Å². The highest BCUT2D eigenvalue weighted by Gasteiger charge is 2.08. The molecule has 1 aromatic carbocycles. The lowest BCUT2D eigenvalue weighted by Crippen LogP contribution is -2.06. The Bertz CT molecular complexity index is 1700. The molecule has 5 heterocycles. The number of nitrogens with one attached hydrogen (secondary N) is 3. The van der Waals surface area contributed by atoms with Crippen molar-refractivity contribution in [2.45, 2.75) is 0 Å². The molecule has 6 rings (SSSR count). The Morgan fingerprint density at radius 3 is 2.03 bits per heavy atom. The summed E-state index contributed by atoms with van der Waals surface area (Å²) in [7, 11) is 0. The molecule has 2 aliphatic rings. The van der Waals surface area contributed by atoms with Crippen molar-refractivity contribution in [3.05, 3.63) is 102 Å². The Labute approximate surface area is 201 Å². The molecule has 8 bridgehead atoms. The number of amides is 1. The van der Waals surface area contributed by atoms with Crippen molar-refractivity contribution in [3.8, 4) is 11.1 Å². The average Bonchev–Trinajstić information content (AvgIpc) is 3.65. The summed E-state index contributed by atoms with van der Waals surface area (Å²) in [6, 6.07) is 22.1. The maximum Gasteiger partial charge on any atom is 0.247 e. The highest BCUT2D eigenvalue weighted by Crippen LogP contribution is 2.28. The van der Waals surface area contributed by atoms with Crippen molar-refractivity contribution in [2.24, 2.45) is 0 Å². The number of aromatic nitrogens is 4.